The van der Waals surface area contributed by atoms with Gasteiger partial charge in [0.1, 0.15) is 17.2 Å². The summed E-state index contributed by atoms with van der Waals surface area (Å²) in [5.74, 6) is 1.47. The van der Waals surface area contributed by atoms with Gasteiger partial charge in [-0.15, -0.1) is 0 Å². The highest BCUT2D eigenvalue weighted by molar-refractivity contribution is 5.98. The molecular formula is C24H28N4O5. The lowest BCUT2D eigenvalue weighted by Gasteiger charge is -2.28. The van der Waals surface area contributed by atoms with Gasteiger partial charge >= 0.3 is 0 Å². The maximum Gasteiger partial charge on any atom is 0.222 e. The van der Waals surface area contributed by atoms with Gasteiger partial charge in [0.15, 0.2) is 0 Å². The van der Waals surface area contributed by atoms with Crippen molar-refractivity contribution in [3.63, 3.8) is 0 Å². The van der Waals surface area contributed by atoms with E-state index in [1.165, 1.54) is 6.92 Å². The molecule has 1 amide bonds. The van der Waals surface area contributed by atoms with Crippen LogP contribution in [0.3, 0.4) is 0 Å². The monoisotopic (exact) mass is 452 g/mol. The van der Waals surface area contributed by atoms with Crippen molar-refractivity contribution in [2.45, 2.75) is 18.9 Å². The molecule has 174 valence electrons. The van der Waals surface area contributed by atoms with Crippen LogP contribution < -0.4 is 10.1 Å². The summed E-state index contributed by atoms with van der Waals surface area (Å²) in [4.78, 5) is 20.9. The highest BCUT2D eigenvalue weighted by Gasteiger charge is 2.39. The molecule has 2 aliphatic heterocycles. The normalized spacial score (nSPS) is 20.7. The van der Waals surface area contributed by atoms with Gasteiger partial charge in [-0.05, 0) is 6.07 Å². The summed E-state index contributed by atoms with van der Waals surface area (Å²) in [6.45, 7) is 4.57. The van der Waals surface area contributed by atoms with Gasteiger partial charge in [0.25, 0.3) is 0 Å². The molecule has 5 rings (SSSR count). The number of carbonyl (C=O) groups is 1. The molecule has 2 saturated heterocycles. The standard InChI is InChI=1S/C24H28N4O5/c1-15(29)26-23-8-18-19(10-28(2)21(18)9-25-23)20-6-17(33-13-16-11-32-12-16)7-22(27-20)24(30-3)4-5-31-14-24/h6-10,16H,4-5,11-14H2,1-3H3,(H,25,26,29)/t24-/m0/s1. The minimum atomic E-state index is -0.610. The Morgan fingerprint density at radius 3 is 2.82 bits per heavy atom. The number of anilines is 1. The number of rotatable bonds is 7. The number of aromatic nitrogens is 3. The molecule has 9 nitrogen and oxygen atoms in total. The van der Waals surface area contributed by atoms with Crippen LogP contribution in [-0.2, 0) is 31.7 Å². The zero-order valence-electron chi connectivity index (χ0n) is 19.1. The summed E-state index contributed by atoms with van der Waals surface area (Å²) >= 11 is 0. The molecule has 9 heteroatoms. The van der Waals surface area contributed by atoms with Crippen molar-refractivity contribution in [1.29, 1.82) is 0 Å². The Labute approximate surface area is 192 Å². The minimum Gasteiger partial charge on any atom is -0.493 e. The number of ether oxygens (including phenoxy) is 4. The molecule has 2 fully saturated rings. The third-order valence-corrected chi connectivity index (χ3v) is 6.29. The van der Waals surface area contributed by atoms with E-state index in [9.17, 15) is 4.79 Å². The number of hydrogen-bond donors (Lipinski definition) is 1. The van der Waals surface area contributed by atoms with E-state index in [1.54, 1.807) is 13.3 Å². The maximum absolute atomic E-state index is 11.6. The Bertz CT molecular complexity index is 1180. The van der Waals surface area contributed by atoms with E-state index in [0.717, 1.165) is 53.2 Å². The Balaban J connectivity index is 1.60. The van der Waals surface area contributed by atoms with Crippen LogP contribution in [0, 0.1) is 5.92 Å². The lowest BCUT2D eigenvalue weighted by atomic mass is 9.96. The van der Waals surface area contributed by atoms with Crippen LogP contribution in [0.15, 0.2) is 30.6 Å². The predicted molar refractivity (Wildman–Crippen MR) is 122 cm³/mol. The molecule has 0 saturated carbocycles. The molecule has 5 heterocycles. The Morgan fingerprint density at radius 2 is 2.15 bits per heavy atom. The molecule has 0 aliphatic carbocycles. The first-order chi connectivity index (χ1) is 16.0. The number of pyridine rings is 2. The zero-order valence-corrected chi connectivity index (χ0v) is 19.1. The third-order valence-electron chi connectivity index (χ3n) is 6.29. The lowest BCUT2D eigenvalue weighted by Crippen LogP contribution is -2.33. The van der Waals surface area contributed by atoms with E-state index >= 15 is 0 Å². The maximum atomic E-state index is 11.6. The van der Waals surface area contributed by atoms with Crippen molar-refractivity contribution in [2.75, 3.05) is 45.5 Å². The smallest absolute Gasteiger partial charge is 0.222 e. The van der Waals surface area contributed by atoms with Gasteiger partial charge in [0.2, 0.25) is 5.91 Å². The van der Waals surface area contributed by atoms with E-state index in [0.29, 0.717) is 31.6 Å². The molecule has 0 bridgehead atoms. The molecule has 1 atom stereocenters. The van der Waals surface area contributed by atoms with Crippen LogP contribution in [0.5, 0.6) is 5.75 Å². The second kappa shape index (κ2) is 8.74. The molecular weight excluding hydrogens is 424 g/mol. The van der Waals surface area contributed by atoms with Crippen LogP contribution in [0.1, 0.15) is 19.0 Å². The van der Waals surface area contributed by atoms with Crippen molar-refractivity contribution < 1.29 is 23.7 Å². The number of carbonyl (C=O) groups excluding carboxylic acids is 1. The van der Waals surface area contributed by atoms with Gasteiger partial charge < -0.3 is 28.8 Å². The Kier molecular flexibility index (Phi) is 5.77. The van der Waals surface area contributed by atoms with Crippen molar-refractivity contribution in [2.24, 2.45) is 13.0 Å². The molecule has 0 aromatic carbocycles. The minimum absolute atomic E-state index is 0.168. The number of fused-ring (bicyclic) bond motifs is 1. The summed E-state index contributed by atoms with van der Waals surface area (Å²) in [6.07, 6.45) is 4.50. The molecule has 33 heavy (non-hydrogen) atoms. The van der Waals surface area contributed by atoms with Crippen LogP contribution in [-0.4, -0.2) is 60.6 Å². The number of nitrogens with zero attached hydrogens (tertiary/aromatic N) is 3. The van der Waals surface area contributed by atoms with E-state index < -0.39 is 5.60 Å². The molecule has 3 aromatic heterocycles. The van der Waals surface area contributed by atoms with Crippen LogP contribution in [0.25, 0.3) is 22.2 Å². The van der Waals surface area contributed by atoms with Crippen LogP contribution in [0.4, 0.5) is 5.82 Å². The fourth-order valence-electron chi connectivity index (χ4n) is 4.30. The van der Waals surface area contributed by atoms with Crippen molar-refractivity contribution in [1.82, 2.24) is 14.5 Å². The number of hydrogen-bond acceptors (Lipinski definition) is 7. The largest absolute Gasteiger partial charge is 0.493 e. The predicted octanol–water partition coefficient (Wildman–Crippen LogP) is 2.88. The molecule has 0 radical (unpaired) electrons. The molecule has 1 N–H and O–H groups in total. The van der Waals surface area contributed by atoms with Crippen molar-refractivity contribution >= 4 is 22.6 Å². The molecule has 0 unspecified atom stereocenters. The summed E-state index contributed by atoms with van der Waals surface area (Å²) in [5, 5.41) is 3.70. The average molecular weight is 453 g/mol. The summed E-state index contributed by atoms with van der Waals surface area (Å²) in [7, 11) is 3.66. The van der Waals surface area contributed by atoms with Crippen LogP contribution >= 0.6 is 0 Å². The quantitative estimate of drug-likeness (QED) is 0.589. The number of methoxy groups -OCH3 is 1. The third kappa shape index (κ3) is 4.19. The van der Waals surface area contributed by atoms with Gasteiger partial charge in [-0.25, -0.2) is 9.97 Å². The second-order valence-electron chi connectivity index (χ2n) is 8.71. The Hall–Kier alpha value is -3.01. The van der Waals surface area contributed by atoms with Crippen molar-refractivity contribution in [3.05, 3.63) is 36.3 Å². The lowest BCUT2D eigenvalue weighted by molar-refractivity contribution is -0.114. The fourth-order valence-corrected chi connectivity index (χ4v) is 4.30. The number of aryl methyl sites for hydroxylation is 1. The fraction of sp³-hybridized carbons (Fsp3) is 0.458. The molecule has 3 aromatic rings. The summed E-state index contributed by atoms with van der Waals surface area (Å²) in [6, 6.07) is 5.78. The van der Waals surface area contributed by atoms with Gasteiger partial charge in [-0.1, -0.05) is 0 Å². The molecule has 2 aliphatic rings. The van der Waals surface area contributed by atoms with Crippen molar-refractivity contribution in [3.8, 4) is 17.0 Å². The van der Waals surface area contributed by atoms with E-state index in [4.69, 9.17) is 23.9 Å². The van der Waals surface area contributed by atoms with E-state index in [1.807, 2.05) is 36.0 Å². The number of amides is 1. The summed E-state index contributed by atoms with van der Waals surface area (Å²) < 4.78 is 25.0. The first kappa shape index (κ1) is 21.8. The van der Waals surface area contributed by atoms with Gasteiger partial charge in [0, 0.05) is 69.3 Å². The first-order valence-corrected chi connectivity index (χ1v) is 11.1. The summed E-state index contributed by atoms with van der Waals surface area (Å²) in [5.41, 5.74) is 2.80. The van der Waals surface area contributed by atoms with Gasteiger partial charge in [-0.3, -0.25) is 4.79 Å². The highest BCUT2D eigenvalue weighted by Crippen LogP contribution is 2.38. The van der Waals surface area contributed by atoms with Gasteiger partial charge in [-0.2, -0.15) is 0 Å². The van der Waals surface area contributed by atoms with E-state index in [-0.39, 0.29) is 5.91 Å². The number of nitrogens with one attached hydrogen (secondary N) is 1. The average Bonchev–Trinajstić information content (AvgIpc) is 3.38. The second-order valence-corrected chi connectivity index (χ2v) is 8.71. The molecule has 0 spiro atoms. The van der Waals surface area contributed by atoms with E-state index in [2.05, 4.69) is 10.3 Å². The van der Waals surface area contributed by atoms with Crippen LogP contribution in [0.2, 0.25) is 0 Å². The first-order valence-electron chi connectivity index (χ1n) is 11.1. The SMILES string of the molecule is CO[C@@]1(c2cc(OCC3COC3)cc(-c3cn(C)c4cnc(NC(C)=O)cc34)n2)CCOC1. The highest BCUT2D eigenvalue weighted by atomic mass is 16.5. The zero-order chi connectivity index (χ0) is 23.0. The van der Waals surface area contributed by atoms with Gasteiger partial charge in [0.05, 0.1) is 49.5 Å². The Morgan fingerprint density at radius 1 is 1.30 bits per heavy atom. The topological polar surface area (TPSA) is 96.7 Å².